The number of fused-ring (bicyclic) bond motifs is 1. The molecule has 22 heavy (non-hydrogen) atoms. The minimum absolute atomic E-state index is 0.194. The van der Waals surface area contributed by atoms with Gasteiger partial charge in [0.15, 0.2) is 9.99 Å². The Morgan fingerprint density at radius 1 is 1.27 bits per heavy atom. The fourth-order valence-electron chi connectivity index (χ4n) is 2.53. The highest BCUT2D eigenvalue weighted by Gasteiger charge is 2.39. The maximum Gasteiger partial charge on any atom is 0.176 e. The second kappa shape index (κ2) is 5.48. The monoisotopic (exact) mass is 332 g/mol. The molecule has 112 valence electrons. The number of benzene rings is 1. The Labute approximate surface area is 135 Å². The summed E-state index contributed by atoms with van der Waals surface area (Å²) in [6.45, 7) is 0. The number of halogens is 1. The highest BCUT2D eigenvalue weighted by Crippen LogP contribution is 2.43. The van der Waals surface area contributed by atoms with Crippen molar-refractivity contribution < 1.29 is 4.39 Å². The third kappa shape index (κ3) is 2.55. The number of thiazole rings is 1. The number of nitrogens with one attached hydrogen (secondary N) is 1. The van der Waals surface area contributed by atoms with Crippen molar-refractivity contribution in [3.8, 4) is 0 Å². The van der Waals surface area contributed by atoms with Gasteiger partial charge in [-0.2, -0.15) is 0 Å². The molecule has 1 N–H and O–H groups in total. The first-order valence-corrected chi connectivity index (χ1v) is 8.96. The summed E-state index contributed by atoms with van der Waals surface area (Å²) >= 11 is 3.22. The largest absolute Gasteiger partial charge is 0.365 e. The van der Waals surface area contributed by atoms with Crippen LogP contribution in [-0.4, -0.2) is 27.2 Å². The minimum atomic E-state index is -0.194. The third-order valence-corrected chi connectivity index (χ3v) is 5.79. The van der Waals surface area contributed by atoms with Crippen LogP contribution in [-0.2, 0) is 0 Å². The zero-order valence-corrected chi connectivity index (χ0v) is 13.4. The van der Waals surface area contributed by atoms with Gasteiger partial charge >= 0.3 is 0 Å². The quantitative estimate of drug-likeness (QED) is 0.734. The molecule has 0 radical (unpaired) electrons. The van der Waals surface area contributed by atoms with Crippen LogP contribution in [0.2, 0.25) is 0 Å². The van der Waals surface area contributed by atoms with Gasteiger partial charge in [-0.05, 0) is 30.4 Å². The van der Waals surface area contributed by atoms with Crippen molar-refractivity contribution in [2.45, 2.75) is 22.7 Å². The Hall–Kier alpha value is -1.73. The van der Waals surface area contributed by atoms with Gasteiger partial charge in [0.05, 0.1) is 0 Å². The molecule has 1 aliphatic rings. The first-order chi connectivity index (χ1) is 10.7. The summed E-state index contributed by atoms with van der Waals surface area (Å²) in [7, 11) is 0. The second-order valence-corrected chi connectivity index (χ2v) is 7.26. The van der Waals surface area contributed by atoms with Crippen LogP contribution in [0, 0.1) is 5.82 Å². The van der Waals surface area contributed by atoms with Crippen molar-refractivity contribution in [1.29, 1.82) is 0 Å². The molecule has 1 saturated carbocycles. The van der Waals surface area contributed by atoms with Crippen LogP contribution in [0.3, 0.4) is 0 Å². The van der Waals surface area contributed by atoms with Gasteiger partial charge in [0.1, 0.15) is 22.7 Å². The van der Waals surface area contributed by atoms with Crippen molar-refractivity contribution >= 4 is 39.3 Å². The molecule has 0 unspecified atom stereocenters. The molecular formula is C15H13FN4S2. The molecular weight excluding hydrogens is 319 g/mol. The molecule has 2 atom stereocenters. The Morgan fingerprint density at radius 2 is 2.09 bits per heavy atom. The lowest BCUT2D eigenvalue weighted by Gasteiger charge is -2.05. The van der Waals surface area contributed by atoms with E-state index in [2.05, 4.69) is 20.3 Å². The van der Waals surface area contributed by atoms with Crippen molar-refractivity contribution in [2.24, 2.45) is 0 Å². The zero-order chi connectivity index (χ0) is 15.1. The molecule has 1 aliphatic carbocycles. The van der Waals surface area contributed by atoms with Crippen LogP contribution in [0.25, 0.3) is 10.3 Å². The molecule has 0 saturated heterocycles. The van der Waals surface area contributed by atoms with Gasteiger partial charge in [-0.25, -0.2) is 19.3 Å². The maximum atomic E-state index is 13.0. The first kappa shape index (κ1) is 13.9. The van der Waals surface area contributed by atoms with Crippen LogP contribution in [0.1, 0.15) is 17.9 Å². The van der Waals surface area contributed by atoms with Crippen LogP contribution < -0.4 is 5.32 Å². The lowest BCUT2D eigenvalue weighted by molar-refractivity contribution is 0.627. The number of thioether (sulfide) groups is 1. The lowest BCUT2D eigenvalue weighted by atomic mass is 10.1. The number of rotatable bonds is 4. The van der Waals surface area contributed by atoms with Gasteiger partial charge in [0.2, 0.25) is 0 Å². The topological polar surface area (TPSA) is 50.7 Å². The average molecular weight is 332 g/mol. The molecule has 3 aromatic rings. The van der Waals surface area contributed by atoms with E-state index in [-0.39, 0.29) is 5.82 Å². The molecule has 4 nitrogen and oxygen atoms in total. The van der Waals surface area contributed by atoms with Crippen LogP contribution in [0.15, 0.2) is 34.9 Å². The number of aromatic nitrogens is 3. The fraction of sp³-hybridized carbons (Fsp3) is 0.267. The van der Waals surface area contributed by atoms with Crippen molar-refractivity contribution in [3.05, 3.63) is 42.0 Å². The van der Waals surface area contributed by atoms with E-state index >= 15 is 0 Å². The number of hydrogen-bond donors (Lipinski definition) is 1. The standard InChI is InChI=1S/C15H13FN4S2/c1-21-15-20-14-12(22-15)13(17-7-18-14)19-11-6-10(11)8-2-4-9(16)5-3-8/h2-5,7,10-11H,6H2,1H3,(H,17,18,19)/t10-,11+/m0/s1. The van der Waals surface area contributed by atoms with Gasteiger partial charge in [0.25, 0.3) is 0 Å². The van der Waals surface area contributed by atoms with Gasteiger partial charge in [0, 0.05) is 12.0 Å². The summed E-state index contributed by atoms with van der Waals surface area (Å²) < 4.78 is 15.0. The van der Waals surface area contributed by atoms with E-state index in [1.165, 1.54) is 17.7 Å². The van der Waals surface area contributed by atoms with E-state index in [1.54, 1.807) is 29.4 Å². The van der Waals surface area contributed by atoms with Crippen LogP contribution >= 0.6 is 23.1 Å². The number of anilines is 1. The molecule has 0 spiro atoms. The predicted molar refractivity (Wildman–Crippen MR) is 88.2 cm³/mol. The Kier molecular flexibility index (Phi) is 3.46. The van der Waals surface area contributed by atoms with E-state index in [4.69, 9.17) is 0 Å². The molecule has 2 heterocycles. The molecule has 7 heteroatoms. The fourth-order valence-corrected chi connectivity index (χ4v) is 4.00. The van der Waals surface area contributed by atoms with E-state index < -0.39 is 0 Å². The molecule has 0 bridgehead atoms. The normalized spacial score (nSPS) is 20.3. The average Bonchev–Trinajstić information content (AvgIpc) is 3.15. The second-order valence-electron chi connectivity index (χ2n) is 5.20. The third-order valence-electron chi connectivity index (χ3n) is 3.76. The summed E-state index contributed by atoms with van der Waals surface area (Å²) in [5, 5.41) is 3.48. The van der Waals surface area contributed by atoms with Crippen molar-refractivity contribution in [3.63, 3.8) is 0 Å². The van der Waals surface area contributed by atoms with E-state index in [0.29, 0.717) is 12.0 Å². The zero-order valence-electron chi connectivity index (χ0n) is 11.8. The molecule has 0 amide bonds. The summed E-state index contributed by atoms with van der Waals surface area (Å²) in [6.07, 6.45) is 4.58. The van der Waals surface area contributed by atoms with Gasteiger partial charge < -0.3 is 5.32 Å². The SMILES string of the molecule is CSc1nc2ncnc(N[C@@H]3C[C@H]3c3ccc(F)cc3)c2s1. The van der Waals surface area contributed by atoms with Gasteiger partial charge in [-0.15, -0.1) is 11.3 Å². The summed E-state index contributed by atoms with van der Waals surface area (Å²) in [5.74, 6) is 1.07. The molecule has 4 rings (SSSR count). The summed E-state index contributed by atoms with van der Waals surface area (Å²) in [6, 6.07) is 7.08. The molecule has 1 aromatic carbocycles. The number of nitrogens with zero attached hydrogens (tertiary/aromatic N) is 3. The van der Waals surface area contributed by atoms with Crippen molar-refractivity contribution in [2.75, 3.05) is 11.6 Å². The van der Waals surface area contributed by atoms with Gasteiger partial charge in [-0.1, -0.05) is 23.9 Å². The highest BCUT2D eigenvalue weighted by atomic mass is 32.2. The van der Waals surface area contributed by atoms with E-state index in [1.807, 2.05) is 18.4 Å². The van der Waals surface area contributed by atoms with Crippen LogP contribution in [0.4, 0.5) is 10.2 Å². The molecule has 2 aromatic heterocycles. The van der Waals surface area contributed by atoms with Crippen molar-refractivity contribution in [1.82, 2.24) is 15.0 Å². The maximum absolute atomic E-state index is 13.0. The smallest absolute Gasteiger partial charge is 0.176 e. The Balaban J connectivity index is 1.55. The molecule has 1 fully saturated rings. The Morgan fingerprint density at radius 3 is 2.86 bits per heavy atom. The first-order valence-electron chi connectivity index (χ1n) is 6.92. The van der Waals surface area contributed by atoms with Crippen LogP contribution in [0.5, 0.6) is 0 Å². The lowest BCUT2D eigenvalue weighted by Crippen LogP contribution is -2.06. The Bertz CT molecular complexity index is 818. The minimum Gasteiger partial charge on any atom is -0.365 e. The molecule has 0 aliphatic heterocycles. The van der Waals surface area contributed by atoms with E-state index in [0.717, 1.165) is 26.9 Å². The van der Waals surface area contributed by atoms with Gasteiger partial charge in [-0.3, -0.25) is 0 Å². The summed E-state index contributed by atoms with van der Waals surface area (Å²) in [5.41, 5.74) is 1.91. The van der Waals surface area contributed by atoms with E-state index in [9.17, 15) is 4.39 Å². The predicted octanol–water partition coefficient (Wildman–Crippen LogP) is 3.92. The number of hydrogen-bond acceptors (Lipinski definition) is 6. The highest BCUT2D eigenvalue weighted by molar-refractivity contribution is 8.00. The summed E-state index contributed by atoms with van der Waals surface area (Å²) in [4.78, 5) is 13.0.